The number of fused-ring (bicyclic) bond motifs is 1. The van der Waals surface area contributed by atoms with Gasteiger partial charge < -0.3 is 10.1 Å². The van der Waals surface area contributed by atoms with Gasteiger partial charge in [0, 0.05) is 11.1 Å². The van der Waals surface area contributed by atoms with Gasteiger partial charge in [0.15, 0.2) is 0 Å². The first-order chi connectivity index (χ1) is 9.01. The van der Waals surface area contributed by atoms with Gasteiger partial charge in [-0.25, -0.2) is 0 Å². The molecule has 100 valence electrons. The van der Waals surface area contributed by atoms with Crippen LogP contribution in [-0.2, 0) is 17.6 Å². The molecule has 1 unspecified atom stereocenters. The van der Waals surface area contributed by atoms with E-state index in [1.54, 1.807) is 13.0 Å². The smallest absolute Gasteiger partial charge is 0.306 e. The van der Waals surface area contributed by atoms with Crippen LogP contribution in [0.5, 0.6) is 0 Å². The molecular weight excluding hydrogens is 242 g/mol. The molecule has 0 saturated heterocycles. The first-order valence-corrected chi connectivity index (χ1v) is 6.39. The van der Waals surface area contributed by atoms with Crippen molar-refractivity contribution in [3.63, 3.8) is 0 Å². The Labute approximate surface area is 111 Å². The number of H-pyrrole nitrogens is 1. The van der Waals surface area contributed by atoms with Gasteiger partial charge in [0.1, 0.15) is 0 Å². The number of hydrogen-bond acceptors (Lipinski definition) is 2. The maximum Gasteiger partial charge on any atom is 0.306 e. The largest absolute Gasteiger partial charge is 0.481 e. The van der Waals surface area contributed by atoms with Crippen LogP contribution < -0.4 is 5.56 Å². The van der Waals surface area contributed by atoms with Crippen molar-refractivity contribution in [1.29, 1.82) is 0 Å². The SMILES string of the molecule is CCc1ccc2[nH]c(=O)c(CC(C)C(=O)O)cc2c1. The van der Waals surface area contributed by atoms with Crippen LogP contribution in [0.2, 0.25) is 0 Å². The van der Waals surface area contributed by atoms with Crippen molar-refractivity contribution in [3.8, 4) is 0 Å². The minimum atomic E-state index is -0.887. The van der Waals surface area contributed by atoms with Crippen molar-refractivity contribution < 1.29 is 9.90 Å². The molecule has 0 saturated carbocycles. The highest BCUT2D eigenvalue weighted by Gasteiger charge is 2.14. The fourth-order valence-corrected chi connectivity index (χ4v) is 2.09. The summed E-state index contributed by atoms with van der Waals surface area (Å²) in [5, 5.41) is 9.87. The van der Waals surface area contributed by atoms with Gasteiger partial charge in [-0.15, -0.1) is 0 Å². The van der Waals surface area contributed by atoms with Gasteiger partial charge in [-0.1, -0.05) is 19.9 Å². The molecule has 0 aliphatic heterocycles. The van der Waals surface area contributed by atoms with E-state index in [-0.39, 0.29) is 12.0 Å². The number of rotatable bonds is 4. The topological polar surface area (TPSA) is 70.2 Å². The number of nitrogens with one attached hydrogen (secondary N) is 1. The third kappa shape index (κ3) is 2.84. The van der Waals surface area contributed by atoms with E-state index in [1.807, 2.05) is 18.2 Å². The number of aromatic nitrogens is 1. The molecule has 2 aromatic rings. The Morgan fingerprint density at radius 1 is 1.37 bits per heavy atom. The molecule has 0 radical (unpaired) electrons. The second-order valence-electron chi connectivity index (χ2n) is 4.84. The van der Waals surface area contributed by atoms with Crippen molar-refractivity contribution in [3.05, 3.63) is 45.7 Å². The summed E-state index contributed by atoms with van der Waals surface area (Å²) in [5.74, 6) is -1.45. The molecule has 4 heteroatoms. The van der Waals surface area contributed by atoms with Crippen LogP contribution in [0.3, 0.4) is 0 Å². The Morgan fingerprint density at radius 3 is 2.74 bits per heavy atom. The standard InChI is InChI=1S/C15H17NO3/c1-3-10-4-5-13-11(7-10)8-12(14(17)16-13)6-9(2)15(18)19/h4-5,7-9H,3,6H2,1-2H3,(H,16,17)(H,18,19). The summed E-state index contributed by atoms with van der Waals surface area (Å²) in [5.41, 5.74) is 2.30. The summed E-state index contributed by atoms with van der Waals surface area (Å²) in [4.78, 5) is 25.6. The molecule has 2 rings (SSSR count). The summed E-state index contributed by atoms with van der Waals surface area (Å²) in [6.45, 7) is 3.68. The van der Waals surface area contributed by atoms with E-state index in [1.165, 1.54) is 5.56 Å². The molecule has 1 aromatic carbocycles. The lowest BCUT2D eigenvalue weighted by atomic mass is 10.0. The molecule has 1 aromatic heterocycles. The molecule has 0 amide bonds. The van der Waals surface area contributed by atoms with Gasteiger partial charge in [0.2, 0.25) is 0 Å². The molecule has 0 aliphatic carbocycles. The third-order valence-electron chi connectivity index (χ3n) is 3.34. The van der Waals surface area contributed by atoms with Crippen LogP contribution in [0, 0.1) is 5.92 Å². The zero-order chi connectivity index (χ0) is 14.0. The highest BCUT2D eigenvalue weighted by Crippen LogP contribution is 2.15. The maximum absolute atomic E-state index is 11.9. The van der Waals surface area contributed by atoms with Crippen molar-refractivity contribution in [2.45, 2.75) is 26.7 Å². The molecule has 2 N–H and O–H groups in total. The van der Waals surface area contributed by atoms with Crippen LogP contribution in [-0.4, -0.2) is 16.1 Å². The van der Waals surface area contributed by atoms with Gasteiger partial charge >= 0.3 is 5.97 Å². The molecule has 0 fully saturated rings. The Bertz CT molecular complexity index is 673. The highest BCUT2D eigenvalue weighted by molar-refractivity contribution is 5.80. The summed E-state index contributed by atoms with van der Waals surface area (Å²) in [6.07, 6.45) is 1.17. The second-order valence-corrected chi connectivity index (χ2v) is 4.84. The van der Waals surface area contributed by atoms with E-state index >= 15 is 0 Å². The average molecular weight is 259 g/mol. The van der Waals surface area contributed by atoms with Gasteiger partial charge in [0.25, 0.3) is 5.56 Å². The summed E-state index contributed by atoms with van der Waals surface area (Å²) < 4.78 is 0. The number of pyridine rings is 1. The number of aromatic amines is 1. The normalized spacial score (nSPS) is 12.5. The van der Waals surface area contributed by atoms with Crippen molar-refractivity contribution >= 4 is 16.9 Å². The molecule has 1 heterocycles. The summed E-state index contributed by atoms with van der Waals surface area (Å²) in [6, 6.07) is 7.70. The fraction of sp³-hybridized carbons (Fsp3) is 0.333. The van der Waals surface area contributed by atoms with E-state index < -0.39 is 11.9 Å². The maximum atomic E-state index is 11.9. The van der Waals surface area contributed by atoms with Gasteiger partial charge in [-0.3, -0.25) is 9.59 Å². The quantitative estimate of drug-likeness (QED) is 0.885. The fourth-order valence-electron chi connectivity index (χ4n) is 2.09. The molecule has 0 spiro atoms. The zero-order valence-electron chi connectivity index (χ0n) is 11.1. The number of carboxylic acids is 1. The summed E-state index contributed by atoms with van der Waals surface area (Å²) in [7, 11) is 0. The zero-order valence-corrected chi connectivity index (χ0v) is 11.1. The Morgan fingerprint density at radius 2 is 2.11 bits per heavy atom. The molecule has 1 atom stereocenters. The summed E-state index contributed by atoms with van der Waals surface area (Å²) >= 11 is 0. The lowest BCUT2D eigenvalue weighted by Gasteiger charge is -2.07. The Hall–Kier alpha value is -2.10. The first kappa shape index (κ1) is 13.3. The molecule has 0 bridgehead atoms. The van der Waals surface area contributed by atoms with Gasteiger partial charge in [-0.05, 0) is 42.0 Å². The van der Waals surface area contributed by atoms with Crippen LogP contribution in [0.25, 0.3) is 10.9 Å². The number of hydrogen-bond donors (Lipinski definition) is 2. The molecule has 4 nitrogen and oxygen atoms in total. The highest BCUT2D eigenvalue weighted by atomic mass is 16.4. The number of aryl methyl sites for hydroxylation is 1. The van der Waals surface area contributed by atoms with Crippen LogP contribution in [0.15, 0.2) is 29.1 Å². The minimum absolute atomic E-state index is 0.204. The number of carboxylic acid groups (broad SMARTS) is 1. The van der Waals surface area contributed by atoms with Crippen molar-refractivity contribution in [2.24, 2.45) is 5.92 Å². The van der Waals surface area contributed by atoms with Crippen LogP contribution in [0.4, 0.5) is 0 Å². The third-order valence-corrected chi connectivity index (χ3v) is 3.34. The second kappa shape index (κ2) is 5.26. The van der Waals surface area contributed by atoms with E-state index in [0.29, 0.717) is 5.56 Å². The van der Waals surface area contributed by atoms with Crippen molar-refractivity contribution in [2.75, 3.05) is 0 Å². The Kier molecular flexibility index (Phi) is 3.69. The van der Waals surface area contributed by atoms with E-state index in [4.69, 9.17) is 5.11 Å². The lowest BCUT2D eigenvalue weighted by Crippen LogP contribution is -2.19. The lowest BCUT2D eigenvalue weighted by molar-refractivity contribution is -0.141. The predicted molar refractivity (Wildman–Crippen MR) is 74.5 cm³/mol. The molecule has 0 aliphatic rings. The molecule has 19 heavy (non-hydrogen) atoms. The molecular formula is C15H17NO3. The van der Waals surface area contributed by atoms with Crippen LogP contribution in [0.1, 0.15) is 25.0 Å². The van der Waals surface area contributed by atoms with Crippen LogP contribution >= 0.6 is 0 Å². The van der Waals surface area contributed by atoms with E-state index in [2.05, 4.69) is 11.9 Å². The number of carbonyl (C=O) groups is 1. The minimum Gasteiger partial charge on any atom is -0.481 e. The van der Waals surface area contributed by atoms with Gasteiger partial charge in [-0.2, -0.15) is 0 Å². The Balaban J connectivity index is 2.47. The van der Waals surface area contributed by atoms with E-state index in [0.717, 1.165) is 17.3 Å². The first-order valence-electron chi connectivity index (χ1n) is 6.39. The van der Waals surface area contributed by atoms with Crippen molar-refractivity contribution in [1.82, 2.24) is 4.98 Å². The monoisotopic (exact) mass is 259 g/mol. The van der Waals surface area contributed by atoms with Gasteiger partial charge in [0.05, 0.1) is 5.92 Å². The average Bonchev–Trinajstić information content (AvgIpc) is 2.38. The number of benzene rings is 1. The number of aliphatic carboxylic acids is 1. The van der Waals surface area contributed by atoms with E-state index in [9.17, 15) is 9.59 Å². The predicted octanol–water partition coefficient (Wildman–Crippen LogP) is 2.35.